The topological polar surface area (TPSA) is 107 Å². The molecule has 1 aliphatic heterocycles. The molecule has 0 fully saturated rings. The van der Waals surface area contributed by atoms with Gasteiger partial charge in [-0.25, -0.2) is 4.99 Å². The second kappa shape index (κ2) is 8.98. The summed E-state index contributed by atoms with van der Waals surface area (Å²) in [5.41, 5.74) is 8.25. The van der Waals surface area contributed by atoms with E-state index in [2.05, 4.69) is 15.6 Å². The summed E-state index contributed by atoms with van der Waals surface area (Å²) in [4.78, 5) is 15.7. The number of aliphatic imine (C=N–C) groups is 1. The summed E-state index contributed by atoms with van der Waals surface area (Å²) < 4.78 is 16.5. The molecule has 1 aliphatic rings. The van der Waals surface area contributed by atoms with Crippen molar-refractivity contribution in [1.29, 1.82) is 0 Å². The number of nitrogens with one attached hydrogen (secondary N) is 2. The fraction of sp³-hybridized carbons (Fsp3) is 0.300. The van der Waals surface area contributed by atoms with Crippen LogP contribution in [0.25, 0.3) is 0 Å². The molecule has 8 heteroatoms. The SMILES string of the molecule is COc1ccc(CN=C(N)Nc2ccc3c(c2)OCCCO3)cc1NC(C)=O. The zero-order valence-corrected chi connectivity index (χ0v) is 16.0. The Balaban J connectivity index is 1.67. The van der Waals surface area contributed by atoms with Crippen LogP contribution in [-0.2, 0) is 11.3 Å². The molecule has 148 valence electrons. The molecule has 8 nitrogen and oxygen atoms in total. The maximum atomic E-state index is 11.3. The van der Waals surface area contributed by atoms with Gasteiger partial charge in [-0.05, 0) is 29.8 Å². The van der Waals surface area contributed by atoms with Gasteiger partial charge in [0.15, 0.2) is 17.5 Å². The molecule has 2 aromatic rings. The highest BCUT2D eigenvalue weighted by Gasteiger charge is 2.11. The average molecular weight is 384 g/mol. The molecular formula is C20H24N4O4. The lowest BCUT2D eigenvalue weighted by Gasteiger charge is -2.12. The van der Waals surface area contributed by atoms with Crippen LogP contribution in [-0.4, -0.2) is 32.2 Å². The molecule has 0 aliphatic carbocycles. The Hall–Kier alpha value is -3.42. The number of carbonyl (C=O) groups excluding carboxylic acids is 1. The monoisotopic (exact) mass is 384 g/mol. The third-order valence-corrected chi connectivity index (χ3v) is 4.03. The number of guanidine groups is 1. The van der Waals surface area contributed by atoms with Crippen LogP contribution < -0.4 is 30.6 Å². The van der Waals surface area contributed by atoms with Crippen LogP contribution in [0, 0.1) is 0 Å². The Kier molecular flexibility index (Phi) is 6.21. The third-order valence-electron chi connectivity index (χ3n) is 4.03. The number of nitrogens with zero attached hydrogens (tertiary/aromatic N) is 1. The normalized spacial score (nSPS) is 13.4. The molecule has 1 heterocycles. The van der Waals surface area contributed by atoms with Gasteiger partial charge in [0.05, 0.1) is 32.6 Å². The Bertz CT molecular complexity index is 883. The van der Waals surface area contributed by atoms with Gasteiger partial charge in [-0.2, -0.15) is 0 Å². The van der Waals surface area contributed by atoms with E-state index in [1.165, 1.54) is 6.92 Å². The van der Waals surface area contributed by atoms with Gasteiger partial charge < -0.3 is 30.6 Å². The zero-order chi connectivity index (χ0) is 19.9. The molecule has 0 saturated carbocycles. The van der Waals surface area contributed by atoms with Crippen LogP contribution in [0.5, 0.6) is 17.2 Å². The van der Waals surface area contributed by atoms with Crippen LogP contribution in [0.2, 0.25) is 0 Å². The maximum absolute atomic E-state index is 11.3. The first-order valence-corrected chi connectivity index (χ1v) is 8.96. The van der Waals surface area contributed by atoms with Crippen LogP contribution in [0.3, 0.4) is 0 Å². The lowest BCUT2D eigenvalue weighted by Crippen LogP contribution is -2.22. The Labute approximate surface area is 163 Å². The lowest BCUT2D eigenvalue weighted by molar-refractivity contribution is -0.114. The van der Waals surface area contributed by atoms with Crippen molar-refractivity contribution in [2.75, 3.05) is 31.0 Å². The van der Waals surface area contributed by atoms with Gasteiger partial charge in [-0.1, -0.05) is 6.07 Å². The number of rotatable bonds is 5. The molecule has 0 saturated heterocycles. The van der Waals surface area contributed by atoms with Crippen molar-refractivity contribution in [3.05, 3.63) is 42.0 Å². The number of amides is 1. The number of anilines is 2. The first-order valence-electron chi connectivity index (χ1n) is 8.96. The highest BCUT2D eigenvalue weighted by Crippen LogP contribution is 2.32. The van der Waals surface area contributed by atoms with E-state index < -0.39 is 0 Å². The third kappa shape index (κ3) is 5.06. The van der Waals surface area contributed by atoms with Crippen molar-refractivity contribution in [2.24, 2.45) is 10.7 Å². The number of carbonyl (C=O) groups is 1. The Morgan fingerprint density at radius 2 is 1.93 bits per heavy atom. The highest BCUT2D eigenvalue weighted by atomic mass is 16.5. The predicted octanol–water partition coefficient (Wildman–Crippen LogP) is 2.74. The largest absolute Gasteiger partial charge is 0.495 e. The van der Waals surface area contributed by atoms with E-state index in [1.807, 2.05) is 30.3 Å². The van der Waals surface area contributed by atoms with Gasteiger partial charge in [0.25, 0.3) is 0 Å². The summed E-state index contributed by atoms with van der Waals surface area (Å²) in [6, 6.07) is 11.0. The molecule has 2 aromatic carbocycles. The summed E-state index contributed by atoms with van der Waals surface area (Å²) in [7, 11) is 1.55. The van der Waals surface area contributed by atoms with Gasteiger partial charge in [-0.3, -0.25) is 4.79 Å². The van der Waals surface area contributed by atoms with Crippen molar-refractivity contribution >= 4 is 23.2 Å². The molecule has 0 spiro atoms. The summed E-state index contributed by atoms with van der Waals surface area (Å²) in [5.74, 6) is 2.09. The standard InChI is InChI=1S/C20H24N4O4/c1-13(25)23-16-10-14(4-6-17(16)26-2)12-22-20(21)24-15-5-7-18-19(11-15)28-9-3-8-27-18/h4-7,10-11H,3,8-9,12H2,1-2H3,(H,23,25)(H3,21,22,24). The van der Waals surface area contributed by atoms with E-state index in [0.29, 0.717) is 36.9 Å². The lowest BCUT2D eigenvalue weighted by atomic mass is 10.2. The molecule has 0 atom stereocenters. The molecule has 28 heavy (non-hydrogen) atoms. The fourth-order valence-corrected chi connectivity index (χ4v) is 2.75. The molecule has 1 amide bonds. The van der Waals surface area contributed by atoms with E-state index >= 15 is 0 Å². The van der Waals surface area contributed by atoms with E-state index in [0.717, 1.165) is 23.4 Å². The number of hydrogen-bond acceptors (Lipinski definition) is 5. The fourth-order valence-electron chi connectivity index (χ4n) is 2.75. The minimum Gasteiger partial charge on any atom is -0.495 e. The minimum atomic E-state index is -0.172. The van der Waals surface area contributed by atoms with Crippen molar-refractivity contribution in [1.82, 2.24) is 0 Å². The van der Waals surface area contributed by atoms with Gasteiger partial charge in [0, 0.05) is 25.1 Å². The summed E-state index contributed by atoms with van der Waals surface area (Å²) in [5, 5.41) is 5.79. The van der Waals surface area contributed by atoms with Gasteiger partial charge in [-0.15, -0.1) is 0 Å². The second-order valence-corrected chi connectivity index (χ2v) is 6.25. The summed E-state index contributed by atoms with van der Waals surface area (Å²) >= 11 is 0. The number of hydrogen-bond donors (Lipinski definition) is 3. The van der Waals surface area contributed by atoms with E-state index in [-0.39, 0.29) is 11.9 Å². The number of methoxy groups -OCH3 is 1. The van der Waals surface area contributed by atoms with Crippen LogP contribution in [0.4, 0.5) is 11.4 Å². The number of benzene rings is 2. The Morgan fingerprint density at radius 3 is 2.68 bits per heavy atom. The molecule has 0 radical (unpaired) electrons. The van der Waals surface area contributed by atoms with Crippen LogP contribution >= 0.6 is 0 Å². The molecule has 0 bridgehead atoms. The highest BCUT2D eigenvalue weighted by molar-refractivity contribution is 5.93. The van der Waals surface area contributed by atoms with Crippen LogP contribution in [0.1, 0.15) is 18.9 Å². The zero-order valence-electron chi connectivity index (χ0n) is 16.0. The number of fused-ring (bicyclic) bond motifs is 1. The van der Waals surface area contributed by atoms with E-state index in [1.54, 1.807) is 13.2 Å². The minimum absolute atomic E-state index is 0.172. The van der Waals surface area contributed by atoms with Crippen molar-refractivity contribution in [2.45, 2.75) is 19.9 Å². The van der Waals surface area contributed by atoms with Crippen molar-refractivity contribution in [3.8, 4) is 17.2 Å². The number of nitrogens with two attached hydrogens (primary N) is 1. The van der Waals surface area contributed by atoms with Gasteiger partial charge >= 0.3 is 0 Å². The van der Waals surface area contributed by atoms with E-state index in [9.17, 15) is 4.79 Å². The smallest absolute Gasteiger partial charge is 0.221 e. The predicted molar refractivity (Wildman–Crippen MR) is 108 cm³/mol. The molecule has 4 N–H and O–H groups in total. The second-order valence-electron chi connectivity index (χ2n) is 6.25. The first-order chi connectivity index (χ1) is 13.5. The molecule has 0 unspecified atom stereocenters. The molecule has 3 rings (SSSR count). The molecule has 0 aromatic heterocycles. The van der Waals surface area contributed by atoms with Gasteiger partial charge in [0.1, 0.15) is 5.75 Å². The summed E-state index contributed by atoms with van der Waals surface area (Å²) in [6.45, 7) is 3.06. The van der Waals surface area contributed by atoms with Crippen molar-refractivity contribution in [3.63, 3.8) is 0 Å². The average Bonchev–Trinajstić information content (AvgIpc) is 2.91. The quantitative estimate of drug-likeness (QED) is 0.540. The van der Waals surface area contributed by atoms with Crippen molar-refractivity contribution < 1.29 is 19.0 Å². The summed E-state index contributed by atoms with van der Waals surface area (Å²) in [6.07, 6.45) is 0.851. The molecular weight excluding hydrogens is 360 g/mol. The van der Waals surface area contributed by atoms with Gasteiger partial charge in [0.2, 0.25) is 5.91 Å². The maximum Gasteiger partial charge on any atom is 0.221 e. The van der Waals surface area contributed by atoms with Crippen LogP contribution in [0.15, 0.2) is 41.4 Å². The first kappa shape index (κ1) is 19.3. The Morgan fingerprint density at radius 1 is 1.14 bits per heavy atom. The van der Waals surface area contributed by atoms with E-state index in [4.69, 9.17) is 19.9 Å². The number of ether oxygens (including phenoxy) is 3.